The highest BCUT2D eigenvalue weighted by Crippen LogP contribution is 2.19. The van der Waals surface area contributed by atoms with E-state index in [4.69, 9.17) is 4.74 Å². The number of ether oxygens (including phenoxy) is 1. The fourth-order valence-electron chi connectivity index (χ4n) is 2.83. The first kappa shape index (κ1) is 19.2. The second kappa shape index (κ2) is 8.39. The Kier molecular flexibility index (Phi) is 5.75. The van der Waals surface area contributed by atoms with Crippen molar-refractivity contribution in [3.05, 3.63) is 89.0 Å². The third kappa shape index (κ3) is 4.57. The molecule has 0 spiro atoms. The summed E-state index contributed by atoms with van der Waals surface area (Å²) in [6.07, 6.45) is 0. The minimum Gasteiger partial charge on any atom is -0.497 e. The molecule has 0 unspecified atom stereocenters. The van der Waals surface area contributed by atoms with E-state index >= 15 is 0 Å². The van der Waals surface area contributed by atoms with Gasteiger partial charge in [0, 0.05) is 28.6 Å². The van der Waals surface area contributed by atoms with Crippen LogP contribution in [0.2, 0.25) is 0 Å². The normalized spacial score (nSPS) is 10.2. The van der Waals surface area contributed by atoms with E-state index in [1.165, 1.54) is 0 Å². The zero-order valence-corrected chi connectivity index (χ0v) is 16.1. The molecule has 0 atom stereocenters. The molecule has 5 nitrogen and oxygen atoms in total. The van der Waals surface area contributed by atoms with Gasteiger partial charge >= 0.3 is 0 Å². The molecule has 2 N–H and O–H groups in total. The lowest BCUT2D eigenvalue weighted by Gasteiger charge is -2.10. The molecule has 142 valence electrons. The quantitative estimate of drug-likeness (QED) is 0.673. The third-order valence-corrected chi connectivity index (χ3v) is 4.37. The summed E-state index contributed by atoms with van der Waals surface area (Å²) in [5, 5.41) is 5.72. The molecular weight excluding hydrogens is 352 g/mol. The first-order chi connectivity index (χ1) is 13.5. The summed E-state index contributed by atoms with van der Waals surface area (Å²) in [5.41, 5.74) is 4.50. The Morgan fingerprint density at radius 2 is 1.43 bits per heavy atom. The minimum absolute atomic E-state index is 0.216. The topological polar surface area (TPSA) is 67.4 Å². The predicted molar refractivity (Wildman–Crippen MR) is 111 cm³/mol. The maximum absolute atomic E-state index is 12.5. The molecule has 28 heavy (non-hydrogen) atoms. The molecule has 0 heterocycles. The van der Waals surface area contributed by atoms with Crippen LogP contribution >= 0.6 is 0 Å². The molecule has 3 aromatic carbocycles. The van der Waals surface area contributed by atoms with Gasteiger partial charge in [0.05, 0.1) is 7.11 Å². The van der Waals surface area contributed by atoms with E-state index in [0.717, 1.165) is 16.8 Å². The summed E-state index contributed by atoms with van der Waals surface area (Å²) >= 11 is 0. The summed E-state index contributed by atoms with van der Waals surface area (Å²) < 4.78 is 5.15. The van der Waals surface area contributed by atoms with Crippen LogP contribution in [0, 0.1) is 13.8 Å². The number of amides is 2. The number of hydrogen-bond donors (Lipinski definition) is 2. The Balaban J connectivity index is 1.68. The van der Waals surface area contributed by atoms with E-state index in [1.54, 1.807) is 55.6 Å². The monoisotopic (exact) mass is 374 g/mol. The molecule has 0 saturated heterocycles. The van der Waals surface area contributed by atoms with Crippen molar-refractivity contribution in [1.82, 2.24) is 0 Å². The molecule has 0 aliphatic carbocycles. The number of aryl methyl sites for hydroxylation is 2. The highest BCUT2D eigenvalue weighted by atomic mass is 16.5. The predicted octanol–water partition coefficient (Wildman–Crippen LogP) is 4.82. The van der Waals surface area contributed by atoms with E-state index in [1.807, 2.05) is 32.0 Å². The Morgan fingerprint density at radius 1 is 0.786 bits per heavy atom. The van der Waals surface area contributed by atoms with Crippen molar-refractivity contribution in [3.63, 3.8) is 0 Å². The fourth-order valence-corrected chi connectivity index (χ4v) is 2.83. The van der Waals surface area contributed by atoms with Crippen molar-refractivity contribution in [3.8, 4) is 5.75 Å². The summed E-state index contributed by atoms with van der Waals surface area (Å²) in [6.45, 7) is 3.96. The van der Waals surface area contributed by atoms with Crippen molar-refractivity contribution < 1.29 is 14.3 Å². The molecule has 0 bridgehead atoms. The van der Waals surface area contributed by atoms with E-state index in [2.05, 4.69) is 10.6 Å². The number of methoxy groups -OCH3 is 1. The van der Waals surface area contributed by atoms with Crippen molar-refractivity contribution in [1.29, 1.82) is 0 Å². The van der Waals surface area contributed by atoms with Gasteiger partial charge in [-0.05, 0) is 61.9 Å². The van der Waals surface area contributed by atoms with Crippen molar-refractivity contribution in [2.45, 2.75) is 13.8 Å². The van der Waals surface area contributed by atoms with E-state index in [0.29, 0.717) is 22.6 Å². The Labute approximate surface area is 164 Å². The lowest BCUT2D eigenvalue weighted by Crippen LogP contribution is -2.15. The van der Waals surface area contributed by atoms with Crippen LogP contribution in [-0.4, -0.2) is 18.9 Å². The molecule has 5 heteroatoms. The van der Waals surface area contributed by atoms with Gasteiger partial charge in [0.25, 0.3) is 11.8 Å². The van der Waals surface area contributed by atoms with Crippen LogP contribution in [0.3, 0.4) is 0 Å². The van der Waals surface area contributed by atoms with Crippen LogP contribution in [0.1, 0.15) is 31.8 Å². The lowest BCUT2D eigenvalue weighted by molar-refractivity contribution is 0.101. The van der Waals surface area contributed by atoms with Gasteiger partial charge in [0.1, 0.15) is 5.75 Å². The second-order valence-corrected chi connectivity index (χ2v) is 6.54. The average molecular weight is 374 g/mol. The molecule has 2 amide bonds. The van der Waals surface area contributed by atoms with Crippen molar-refractivity contribution >= 4 is 23.2 Å². The Morgan fingerprint density at radius 3 is 2.04 bits per heavy atom. The molecule has 3 aromatic rings. The van der Waals surface area contributed by atoms with Gasteiger partial charge < -0.3 is 15.4 Å². The largest absolute Gasteiger partial charge is 0.497 e. The van der Waals surface area contributed by atoms with E-state index < -0.39 is 0 Å². The van der Waals surface area contributed by atoms with Crippen molar-refractivity contribution in [2.75, 3.05) is 17.7 Å². The van der Waals surface area contributed by atoms with Crippen LogP contribution < -0.4 is 15.4 Å². The van der Waals surface area contributed by atoms with Crippen LogP contribution in [-0.2, 0) is 0 Å². The highest BCUT2D eigenvalue weighted by Gasteiger charge is 2.11. The van der Waals surface area contributed by atoms with E-state index in [-0.39, 0.29) is 11.8 Å². The van der Waals surface area contributed by atoms with Crippen LogP contribution in [0.15, 0.2) is 66.7 Å². The zero-order chi connectivity index (χ0) is 20.1. The van der Waals surface area contributed by atoms with Gasteiger partial charge in [-0.1, -0.05) is 23.8 Å². The number of nitrogens with one attached hydrogen (secondary N) is 2. The van der Waals surface area contributed by atoms with Crippen molar-refractivity contribution in [2.24, 2.45) is 0 Å². The van der Waals surface area contributed by atoms with Crippen LogP contribution in [0.25, 0.3) is 0 Å². The standard InChI is InChI=1S/C23H22N2O3/c1-15-7-12-21(16(2)13-15)25-23(27)18-10-8-17(9-11-18)22(26)24-19-5-4-6-20(14-19)28-3/h4-14H,1-3H3,(H,24,26)(H,25,27). The number of rotatable bonds is 5. The molecule has 0 radical (unpaired) electrons. The smallest absolute Gasteiger partial charge is 0.255 e. The summed E-state index contributed by atoms with van der Waals surface area (Å²) in [5.74, 6) is 0.192. The molecule has 0 aliphatic rings. The van der Waals surface area contributed by atoms with Gasteiger partial charge in [-0.25, -0.2) is 0 Å². The van der Waals surface area contributed by atoms with Gasteiger partial charge in [0.2, 0.25) is 0 Å². The Bertz CT molecular complexity index is 1010. The fraction of sp³-hybridized carbons (Fsp3) is 0.130. The van der Waals surface area contributed by atoms with Crippen LogP contribution in [0.4, 0.5) is 11.4 Å². The first-order valence-corrected chi connectivity index (χ1v) is 8.90. The number of anilines is 2. The van der Waals surface area contributed by atoms with Gasteiger partial charge in [-0.3, -0.25) is 9.59 Å². The number of carbonyl (C=O) groups is 2. The second-order valence-electron chi connectivity index (χ2n) is 6.54. The number of carbonyl (C=O) groups excluding carboxylic acids is 2. The van der Waals surface area contributed by atoms with Gasteiger partial charge in [-0.15, -0.1) is 0 Å². The summed E-state index contributed by atoms with van der Waals surface area (Å²) in [7, 11) is 1.57. The van der Waals surface area contributed by atoms with E-state index in [9.17, 15) is 9.59 Å². The van der Waals surface area contributed by atoms with Gasteiger partial charge in [-0.2, -0.15) is 0 Å². The zero-order valence-electron chi connectivity index (χ0n) is 16.1. The molecule has 0 aliphatic heterocycles. The summed E-state index contributed by atoms with van der Waals surface area (Å²) in [6, 6.07) is 19.5. The highest BCUT2D eigenvalue weighted by molar-refractivity contribution is 6.07. The average Bonchev–Trinajstić information content (AvgIpc) is 2.70. The minimum atomic E-state index is -0.255. The molecule has 0 saturated carbocycles. The Hall–Kier alpha value is -3.60. The maximum Gasteiger partial charge on any atom is 0.255 e. The first-order valence-electron chi connectivity index (χ1n) is 8.90. The van der Waals surface area contributed by atoms with Crippen LogP contribution in [0.5, 0.6) is 5.75 Å². The molecule has 0 fully saturated rings. The SMILES string of the molecule is COc1cccc(NC(=O)c2ccc(C(=O)Nc3ccc(C)cc3C)cc2)c1. The third-order valence-electron chi connectivity index (χ3n) is 4.37. The number of benzene rings is 3. The lowest BCUT2D eigenvalue weighted by atomic mass is 10.1. The molecule has 3 rings (SSSR count). The maximum atomic E-state index is 12.5. The number of hydrogen-bond acceptors (Lipinski definition) is 3. The van der Waals surface area contributed by atoms with Gasteiger partial charge in [0.15, 0.2) is 0 Å². The molecular formula is C23H22N2O3. The summed E-state index contributed by atoms with van der Waals surface area (Å²) in [4.78, 5) is 24.9. The molecule has 0 aromatic heterocycles.